The Morgan fingerprint density at radius 3 is 2.19 bits per heavy atom. The second-order valence-corrected chi connectivity index (χ2v) is 6.67. The minimum Gasteiger partial charge on any atom is -0.494 e. The van der Waals surface area contributed by atoms with Crippen molar-refractivity contribution >= 4 is 34.9 Å². The molecule has 0 fully saturated rings. The molecule has 8 heteroatoms. The van der Waals surface area contributed by atoms with Crippen LogP contribution in [0.2, 0.25) is 0 Å². The molecule has 2 aromatic carbocycles. The molecule has 0 amide bonds. The van der Waals surface area contributed by atoms with Gasteiger partial charge in [0, 0.05) is 6.08 Å². The van der Waals surface area contributed by atoms with Crippen LogP contribution in [-0.2, 0) is 14.3 Å². The van der Waals surface area contributed by atoms with E-state index in [1.54, 1.807) is 48.5 Å². The fourth-order valence-electron chi connectivity index (χ4n) is 2.40. The Morgan fingerprint density at radius 1 is 0.969 bits per heavy atom. The molecule has 0 saturated carbocycles. The van der Waals surface area contributed by atoms with Gasteiger partial charge in [-0.3, -0.25) is 4.79 Å². The molecule has 0 N–H and O–H groups in total. The summed E-state index contributed by atoms with van der Waals surface area (Å²) in [7, 11) is 0. The van der Waals surface area contributed by atoms with Gasteiger partial charge in [-0.1, -0.05) is 30.3 Å². The Hall–Kier alpha value is -3.89. The van der Waals surface area contributed by atoms with Crippen molar-refractivity contribution in [2.75, 3.05) is 13.2 Å². The van der Waals surface area contributed by atoms with Crippen molar-refractivity contribution in [3.63, 3.8) is 0 Å². The van der Waals surface area contributed by atoms with Crippen molar-refractivity contribution in [1.82, 2.24) is 0 Å². The minimum atomic E-state index is -0.836. The fraction of sp³-hybridized carbons (Fsp3) is 0.167. The molecule has 0 spiro atoms. The molecule has 0 saturated heterocycles. The summed E-state index contributed by atoms with van der Waals surface area (Å²) in [6.45, 7) is 11.0. The van der Waals surface area contributed by atoms with Gasteiger partial charge in [-0.25, -0.2) is 14.4 Å². The summed E-state index contributed by atoms with van der Waals surface area (Å²) in [6.07, 6.45) is 3.84. The lowest BCUT2D eigenvalue weighted by atomic mass is 10.2. The van der Waals surface area contributed by atoms with Crippen molar-refractivity contribution in [3.05, 3.63) is 89.4 Å². The summed E-state index contributed by atoms with van der Waals surface area (Å²) in [6, 6.07) is 12.8. The molecule has 0 aliphatic heterocycles. The van der Waals surface area contributed by atoms with Crippen molar-refractivity contribution in [3.8, 4) is 11.5 Å². The second kappa shape index (κ2) is 12.7. The summed E-state index contributed by atoms with van der Waals surface area (Å²) >= 11 is 5.32. The highest BCUT2D eigenvalue weighted by molar-refractivity contribution is 6.68. The lowest BCUT2D eigenvalue weighted by Gasteiger charge is -2.08. The Kier molecular flexibility index (Phi) is 9.70. The summed E-state index contributed by atoms with van der Waals surface area (Å²) in [5.41, 5.74) is 0.723. The van der Waals surface area contributed by atoms with E-state index in [0.29, 0.717) is 48.7 Å². The maximum atomic E-state index is 12.3. The van der Waals surface area contributed by atoms with Gasteiger partial charge in [-0.05, 0) is 60.9 Å². The molecule has 0 aromatic heterocycles. The summed E-state index contributed by atoms with van der Waals surface area (Å²) in [5, 5.41) is -0.836. The Morgan fingerprint density at radius 2 is 1.59 bits per heavy atom. The van der Waals surface area contributed by atoms with Crippen molar-refractivity contribution < 1.29 is 28.6 Å². The number of hydrogen-bond donors (Lipinski definition) is 0. The highest BCUT2D eigenvalue weighted by atomic mass is 35.5. The van der Waals surface area contributed by atoms with Gasteiger partial charge >= 0.3 is 11.9 Å². The predicted molar refractivity (Wildman–Crippen MR) is 119 cm³/mol. The normalized spacial score (nSPS) is 10.6. The third-order valence-corrected chi connectivity index (χ3v) is 4.22. The summed E-state index contributed by atoms with van der Waals surface area (Å²) in [5.74, 6) is -0.0729. The van der Waals surface area contributed by atoms with Gasteiger partial charge in [0.2, 0.25) is 5.70 Å². The highest BCUT2D eigenvalue weighted by Gasteiger charge is 2.10. The molecule has 0 bridgehead atoms. The first-order valence-electron chi connectivity index (χ1n) is 9.56. The van der Waals surface area contributed by atoms with Gasteiger partial charge in [-0.15, -0.1) is 0 Å². The van der Waals surface area contributed by atoms with Gasteiger partial charge in [0.1, 0.15) is 11.5 Å². The number of nitrogens with zero attached hydrogens (tertiary/aromatic N) is 1. The topological polar surface area (TPSA) is 83.3 Å². The van der Waals surface area contributed by atoms with E-state index in [1.807, 2.05) is 0 Å². The molecule has 0 aliphatic carbocycles. The molecule has 0 heterocycles. The van der Waals surface area contributed by atoms with E-state index in [-0.39, 0.29) is 5.70 Å². The number of hydrogen-bond acceptors (Lipinski definition) is 6. The number of carbonyl (C=O) groups is 3. The van der Waals surface area contributed by atoms with E-state index >= 15 is 0 Å². The number of allylic oxidation sites excluding steroid dienone is 1. The van der Waals surface area contributed by atoms with Gasteiger partial charge < -0.3 is 14.2 Å². The first-order valence-corrected chi connectivity index (χ1v) is 9.94. The van der Waals surface area contributed by atoms with Crippen LogP contribution in [0, 0.1) is 6.57 Å². The molecule has 7 nitrogen and oxygen atoms in total. The molecule has 2 aromatic rings. The number of unbranched alkanes of at least 4 members (excludes halogenated alkanes) is 1. The number of halogens is 1. The molecular formula is C24H20ClNO6. The van der Waals surface area contributed by atoms with Crippen LogP contribution in [0.3, 0.4) is 0 Å². The second-order valence-electron chi connectivity index (χ2n) is 6.33. The van der Waals surface area contributed by atoms with E-state index in [1.165, 1.54) is 6.08 Å². The predicted octanol–water partition coefficient (Wildman–Crippen LogP) is 4.82. The quantitative estimate of drug-likeness (QED) is 0.121. The largest absolute Gasteiger partial charge is 0.494 e. The molecule has 164 valence electrons. The van der Waals surface area contributed by atoms with Crippen LogP contribution in [0.15, 0.2) is 66.9 Å². The maximum absolute atomic E-state index is 12.3. The zero-order valence-electron chi connectivity index (χ0n) is 17.1. The third-order valence-electron chi connectivity index (χ3n) is 4.02. The lowest BCUT2D eigenvalue weighted by Crippen LogP contribution is -2.08. The smallest absolute Gasteiger partial charge is 0.343 e. The van der Waals surface area contributed by atoms with E-state index < -0.39 is 17.2 Å². The average molecular weight is 454 g/mol. The maximum Gasteiger partial charge on any atom is 0.343 e. The Bertz CT molecular complexity index is 1040. The van der Waals surface area contributed by atoms with Crippen LogP contribution in [0.25, 0.3) is 10.9 Å². The summed E-state index contributed by atoms with van der Waals surface area (Å²) in [4.78, 5) is 37.4. The zero-order chi connectivity index (χ0) is 23.3. The number of rotatable bonds is 11. The molecule has 0 atom stereocenters. The van der Waals surface area contributed by atoms with Gasteiger partial charge in [0.25, 0.3) is 5.24 Å². The number of benzene rings is 2. The standard InChI is InChI=1S/C24H20ClNO6/c1-3-22(27)31-15-5-4-14-30-19-12-8-18(9-13-19)24(29)32-20-10-6-17(7-11-20)16-21(26-2)23(25)28/h3,6-13,16H,1,4-5,14-15H2/b21-16-. The summed E-state index contributed by atoms with van der Waals surface area (Å²) < 4.78 is 15.8. The minimum absolute atomic E-state index is 0.199. The van der Waals surface area contributed by atoms with E-state index in [9.17, 15) is 14.4 Å². The van der Waals surface area contributed by atoms with Crippen LogP contribution in [0.1, 0.15) is 28.8 Å². The van der Waals surface area contributed by atoms with E-state index in [2.05, 4.69) is 11.4 Å². The van der Waals surface area contributed by atoms with Crippen molar-refractivity contribution in [2.45, 2.75) is 12.8 Å². The van der Waals surface area contributed by atoms with Gasteiger partial charge in [-0.2, -0.15) is 0 Å². The third kappa shape index (κ3) is 8.09. The average Bonchev–Trinajstić information content (AvgIpc) is 2.80. The molecule has 2 rings (SSSR count). The van der Waals surface area contributed by atoms with Crippen molar-refractivity contribution in [1.29, 1.82) is 0 Å². The van der Waals surface area contributed by atoms with Crippen molar-refractivity contribution in [2.24, 2.45) is 0 Å². The molecule has 0 unspecified atom stereocenters. The lowest BCUT2D eigenvalue weighted by molar-refractivity contribution is -0.137. The molecule has 0 aliphatic rings. The number of carbonyl (C=O) groups excluding carboxylic acids is 3. The van der Waals surface area contributed by atoms with E-state index in [0.717, 1.165) is 6.08 Å². The monoisotopic (exact) mass is 453 g/mol. The van der Waals surface area contributed by atoms with Crippen LogP contribution < -0.4 is 9.47 Å². The number of ether oxygens (including phenoxy) is 3. The first-order chi connectivity index (χ1) is 15.4. The SMILES string of the molecule is [C-]#[N+]/C(=C\c1ccc(OC(=O)c2ccc(OCCCCOC(=O)C=C)cc2)cc1)C(=O)Cl. The number of esters is 2. The first kappa shape index (κ1) is 24.4. The van der Waals surface area contributed by atoms with Gasteiger partial charge in [0.05, 0.1) is 25.3 Å². The Balaban J connectivity index is 1.82. The molecule has 0 radical (unpaired) electrons. The van der Waals surface area contributed by atoms with E-state index in [4.69, 9.17) is 32.4 Å². The fourth-order valence-corrected chi connectivity index (χ4v) is 2.50. The van der Waals surface area contributed by atoms with Crippen LogP contribution >= 0.6 is 11.6 Å². The molecule has 32 heavy (non-hydrogen) atoms. The Labute approximate surface area is 190 Å². The van der Waals surface area contributed by atoms with Gasteiger partial charge in [0.15, 0.2) is 0 Å². The van der Waals surface area contributed by atoms with Crippen LogP contribution in [0.5, 0.6) is 11.5 Å². The zero-order valence-corrected chi connectivity index (χ0v) is 17.8. The highest BCUT2D eigenvalue weighted by Crippen LogP contribution is 2.19. The van der Waals surface area contributed by atoms with Crippen LogP contribution in [-0.4, -0.2) is 30.4 Å². The van der Waals surface area contributed by atoms with Crippen LogP contribution in [0.4, 0.5) is 0 Å². The molecular weight excluding hydrogens is 434 g/mol.